The van der Waals surface area contributed by atoms with E-state index in [0.717, 1.165) is 15.8 Å². The van der Waals surface area contributed by atoms with Gasteiger partial charge in [-0.3, -0.25) is 14.9 Å². The summed E-state index contributed by atoms with van der Waals surface area (Å²) in [5.74, 6) is 0.831. The number of ether oxygens (including phenoxy) is 2. The van der Waals surface area contributed by atoms with Crippen LogP contribution < -0.4 is 15.6 Å². The van der Waals surface area contributed by atoms with E-state index in [4.69, 9.17) is 9.47 Å². The smallest absolute Gasteiger partial charge is 0.327 e. The highest BCUT2D eigenvalue weighted by atomic mass is 32.1. The number of pyridine rings is 1. The molecule has 0 saturated heterocycles. The fourth-order valence-corrected chi connectivity index (χ4v) is 4.76. The number of tetrazole rings is 1. The van der Waals surface area contributed by atoms with Gasteiger partial charge < -0.3 is 14.5 Å². The first-order valence-corrected chi connectivity index (χ1v) is 12.3. The molecule has 0 aliphatic carbocycles. The number of carbonyl (C=O) groups is 1. The molecule has 4 aromatic rings. The molecule has 4 rings (SSSR count). The van der Waals surface area contributed by atoms with E-state index in [1.807, 2.05) is 48.7 Å². The van der Waals surface area contributed by atoms with Crippen LogP contribution in [0.15, 0.2) is 46.6 Å². The average molecular weight is 497 g/mol. The summed E-state index contributed by atoms with van der Waals surface area (Å²) in [6.07, 6.45) is 1.15. The third-order valence-corrected chi connectivity index (χ3v) is 6.69. The van der Waals surface area contributed by atoms with E-state index in [2.05, 4.69) is 25.8 Å². The number of rotatable bonds is 11. The Morgan fingerprint density at radius 3 is 2.80 bits per heavy atom. The average Bonchev–Trinajstić information content (AvgIpc) is 3.54. The van der Waals surface area contributed by atoms with Crippen LogP contribution in [0.3, 0.4) is 0 Å². The number of hydrogen-bond donors (Lipinski definition) is 2. The molecule has 1 aromatic carbocycles. The van der Waals surface area contributed by atoms with Crippen LogP contribution in [0.1, 0.15) is 48.6 Å². The number of fused-ring (bicyclic) bond motifs is 1. The molecule has 0 saturated carbocycles. The van der Waals surface area contributed by atoms with Gasteiger partial charge in [0.05, 0.1) is 25.3 Å². The van der Waals surface area contributed by atoms with Gasteiger partial charge in [-0.05, 0) is 65.2 Å². The molecule has 11 heteroatoms. The zero-order valence-corrected chi connectivity index (χ0v) is 20.7. The minimum Gasteiger partial charge on any atom is -0.497 e. The first-order valence-electron chi connectivity index (χ1n) is 11.4. The Bertz CT molecular complexity index is 1330. The minimum absolute atomic E-state index is 0.0637. The quantitative estimate of drug-likeness (QED) is 0.304. The third kappa shape index (κ3) is 5.75. The molecule has 35 heavy (non-hydrogen) atoms. The minimum atomic E-state index is -0.398. The van der Waals surface area contributed by atoms with Crippen LogP contribution >= 0.6 is 11.3 Å². The monoisotopic (exact) mass is 496 g/mol. The molecule has 0 fully saturated rings. The number of hydrogen-bond acceptors (Lipinski definition) is 9. The van der Waals surface area contributed by atoms with E-state index >= 15 is 0 Å². The topological polar surface area (TPSA) is 124 Å². The molecule has 0 aliphatic rings. The summed E-state index contributed by atoms with van der Waals surface area (Å²) in [5, 5.41) is 18.5. The molecule has 0 radical (unpaired) electrons. The van der Waals surface area contributed by atoms with Crippen molar-refractivity contribution in [3.8, 4) is 5.75 Å². The summed E-state index contributed by atoms with van der Waals surface area (Å²) < 4.78 is 11.8. The highest BCUT2D eigenvalue weighted by Crippen LogP contribution is 2.27. The predicted octanol–water partition coefficient (Wildman–Crippen LogP) is 3.17. The number of aromatic amines is 1. The lowest BCUT2D eigenvalue weighted by atomic mass is 10.0. The van der Waals surface area contributed by atoms with E-state index in [9.17, 15) is 9.59 Å². The Labute approximate surface area is 206 Å². The van der Waals surface area contributed by atoms with Crippen molar-refractivity contribution in [2.75, 3.05) is 13.7 Å². The molecule has 2 atom stereocenters. The molecule has 2 unspecified atom stereocenters. The number of benzene rings is 1. The SMILES string of the molecule is CCOC(=O)Cn1nnnc1C(CC)NC(Cc1cc2ccc(OC)cc2[nH]c1=O)c1cccs1. The zero-order valence-electron chi connectivity index (χ0n) is 19.9. The number of H-pyrrole nitrogens is 1. The van der Waals surface area contributed by atoms with Crippen molar-refractivity contribution in [2.24, 2.45) is 0 Å². The number of thiophene rings is 1. The van der Waals surface area contributed by atoms with Crippen LogP contribution in [0, 0.1) is 0 Å². The molecule has 3 heterocycles. The first kappa shape index (κ1) is 24.6. The predicted molar refractivity (Wildman–Crippen MR) is 133 cm³/mol. The summed E-state index contributed by atoms with van der Waals surface area (Å²) in [5.41, 5.74) is 1.24. The standard InChI is InChI=1S/C24H28N6O4S/c1-4-18(23-27-28-29-30(23)14-22(31)34-5-2)25-20(21-7-6-10-35-21)12-16-11-15-8-9-17(33-3)13-19(15)26-24(16)32/h6-11,13,18,20,25H,4-5,12,14H2,1-3H3,(H,26,32). The highest BCUT2D eigenvalue weighted by molar-refractivity contribution is 7.10. The second-order valence-corrected chi connectivity index (χ2v) is 8.96. The van der Waals surface area contributed by atoms with Gasteiger partial charge >= 0.3 is 5.97 Å². The molecule has 10 nitrogen and oxygen atoms in total. The summed E-state index contributed by atoms with van der Waals surface area (Å²) in [7, 11) is 1.60. The fourth-order valence-electron chi connectivity index (χ4n) is 3.98. The fraction of sp³-hybridized carbons (Fsp3) is 0.375. The van der Waals surface area contributed by atoms with Crippen LogP contribution in [-0.4, -0.2) is 44.9 Å². The van der Waals surface area contributed by atoms with Crippen molar-refractivity contribution in [1.82, 2.24) is 30.5 Å². The second-order valence-electron chi connectivity index (χ2n) is 7.98. The normalized spacial score (nSPS) is 13.0. The van der Waals surface area contributed by atoms with Crippen LogP contribution in [-0.2, 0) is 22.5 Å². The summed E-state index contributed by atoms with van der Waals surface area (Å²) in [6.45, 7) is 4.00. The van der Waals surface area contributed by atoms with Gasteiger partial charge in [0.25, 0.3) is 5.56 Å². The number of methoxy groups -OCH3 is 1. The zero-order chi connectivity index (χ0) is 24.8. The Hall–Kier alpha value is -3.57. The Balaban J connectivity index is 1.62. The van der Waals surface area contributed by atoms with Crippen LogP contribution in [0.2, 0.25) is 0 Å². The van der Waals surface area contributed by atoms with Crippen molar-refractivity contribution in [2.45, 2.75) is 45.3 Å². The molecule has 2 N–H and O–H groups in total. The van der Waals surface area contributed by atoms with Crippen molar-refractivity contribution in [3.63, 3.8) is 0 Å². The number of nitrogens with zero attached hydrogens (tertiary/aromatic N) is 4. The molecular weight excluding hydrogens is 468 g/mol. The van der Waals surface area contributed by atoms with Crippen molar-refractivity contribution in [3.05, 3.63) is 68.4 Å². The summed E-state index contributed by atoms with van der Waals surface area (Å²) in [4.78, 5) is 29.0. The van der Waals surface area contributed by atoms with E-state index in [1.165, 1.54) is 4.68 Å². The highest BCUT2D eigenvalue weighted by Gasteiger charge is 2.25. The van der Waals surface area contributed by atoms with Gasteiger partial charge in [-0.15, -0.1) is 16.4 Å². The number of esters is 1. The van der Waals surface area contributed by atoms with E-state index in [0.29, 0.717) is 36.6 Å². The molecule has 184 valence electrons. The maximum atomic E-state index is 13.0. The van der Waals surface area contributed by atoms with Gasteiger partial charge in [-0.2, -0.15) is 0 Å². The van der Waals surface area contributed by atoms with Crippen molar-refractivity contribution >= 4 is 28.2 Å². The van der Waals surface area contributed by atoms with Gasteiger partial charge in [0.1, 0.15) is 12.3 Å². The van der Waals surface area contributed by atoms with Crippen LogP contribution in [0.4, 0.5) is 0 Å². The van der Waals surface area contributed by atoms with Gasteiger partial charge in [0.15, 0.2) is 5.82 Å². The molecule has 0 bridgehead atoms. The van der Waals surface area contributed by atoms with E-state index in [-0.39, 0.29) is 24.2 Å². The number of aromatic nitrogens is 5. The Morgan fingerprint density at radius 1 is 1.23 bits per heavy atom. The summed E-state index contributed by atoms with van der Waals surface area (Å²) >= 11 is 1.61. The van der Waals surface area contributed by atoms with E-state index < -0.39 is 5.97 Å². The Kier molecular flexibility index (Phi) is 7.88. The summed E-state index contributed by atoms with van der Waals surface area (Å²) in [6, 6.07) is 11.1. The van der Waals surface area contributed by atoms with Crippen molar-refractivity contribution < 1.29 is 14.3 Å². The van der Waals surface area contributed by atoms with Gasteiger partial charge in [-0.25, -0.2) is 4.68 Å². The van der Waals surface area contributed by atoms with E-state index in [1.54, 1.807) is 25.4 Å². The molecule has 0 spiro atoms. The lowest BCUT2D eigenvalue weighted by Gasteiger charge is -2.24. The van der Waals surface area contributed by atoms with Gasteiger partial charge in [-0.1, -0.05) is 13.0 Å². The largest absolute Gasteiger partial charge is 0.497 e. The van der Waals surface area contributed by atoms with Crippen LogP contribution in [0.5, 0.6) is 5.75 Å². The maximum absolute atomic E-state index is 13.0. The number of nitrogens with one attached hydrogen (secondary N) is 2. The lowest BCUT2D eigenvalue weighted by molar-refractivity contribution is -0.144. The lowest BCUT2D eigenvalue weighted by Crippen LogP contribution is -2.31. The molecular formula is C24H28N6O4S. The third-order valence-electron chi connectivity index (χ3n) is 5.71. The van der Waals surface area contributed by atoms with Crippen LogP contribution in [0.25, 0.3) is 10.9 Å². The second kappa shape index (κ2) is 11.2. The van der Waals surface area contributed by atoms with Crippen molar-refractivity contribution in [1.29, 1.82) is 0 Å². The maximum Gasteiger partial charge on any atom is 0.327 e. The number of carbonyl (C=O) groups excluding carboxylic acids is 1. The Morgan fingerprint density at radius 2 is 2.09 bits per heavy atom. The van der Waals surface area contributed by atoms with Gasteiger partial charge in [0, 0.05) is 22.5 Å². The molecule has 0 aliphatic heterocycles. The molecule has 0 amide bonds. The van der Waals surface area contributed by atoms with Gasteiger partial charge in [0.2, 0.25) is 0 Å². The first-order chi connectivity index (χ1) is 17.0. The molecule has 3 aromatic heterocycles.